The first-order chi connectivity index (χ1) is 16.0. The lowest BCUT2D eigenvalue weighted by atomic mass is 10.1. The van der Waals surface area contributed by atoms with E-state index in [0.717, 1.165) is 4.90 Å². The predicted octanol–water partition coefficient (Wildman–Crippen LogP) is 3.56. The lowest BCUT2D eigenvalue weighted by molar-refractivity contribution is 0.0925. The van der Waals surface area contributed by atoms with E-state index < -0.39 is 11.8 Å². The predicted molar refractivity (Wildman–Crippen MR) is 121 cm³/mol. The Morgan fingerprint density at radius 1 is 0.848 bits per heavy atom. The molecule has 5 rings (SSSR count). The number of fused-ring (bicyclic) bond motifs is 3. The van der Waals surface area contributed by atoms with Gasteiger partial charge in [-0.3, -0.25) is 9.59 Å². The van der Waals surface area contributed by atoms with E-state index in [4.69, 9.17) is 14.2 Å². The van der Waals surface area contributed by atoms with Gasteiger partial charge in [-0.05, 0) is 31.2 Å². The number of ether oxygens (including phenoxy) is 3. The fraction of sp³-hybridized carbons (Fsp3) is 0.167. The fourth-order valence-corrected chi connectivity index (χ4v) is 4.12. The van der Waals surface area contributed by atoms with Crippen LogP contribution in [0.15, 0.2) is 48.7 Å². The average Bonchev–Trinajstić information content (AvgIpc) is 3.31. The first kappa shape index (κ1) is 20.5. The highest BCUT2D eigenvalue weighted by molar-refractivity contribution is 6.37. The van der Waals surface area contributed by atoms with Crippen molar-refractivity contribution < 1.29 is 23.8 Å². The highest BCUT2D eigenvalue weighted by Crippen LogP contribution is 2.39. The number of rotatable bonds is 5. The maximum atomic E-state index is 13.6. The first-order valence-electron chi connectivity index (χ1n) is 10.1. The van der Waals surface area contributed by atoms with Crippen LogP contribution in [0.4, 0.5) is 5.69 Å². The number of aromatic nitrogens is 3. The molecule has 0 radical (unpaired) electrons. The zero-order valence-electron chi connectivity index (χ0n) is 18.4. The molecule has 2 aromatic carbocycles. The quantitative estimate of drug-likeness (QED) is 0.434. The molecule has 2 aromatic heterocycles. The van der Waals surface area contributed by atoms with E-state index in [2.05, 4.69) is 10.1 Å². The minimum atomic E-state index is -0.475. The van der Waals surface area contributed by atoms with Gasteiger partial charge in [0, 0.05) is 12.3 Å². The van der Waals surface area contributed by atoms with Gasteiger partial charge in [-0.1, -0.05) is 12.1 Å². The van der Waals surface area contributed by atoms with E-state index in [1.54, 1.807) is 36.9 Å². The van der Waals surface area contributed by atoms with Crippen molar-refractivity contribution in [3.8, 4) is 22.9 Å². The number of hydrogen-bond acceptors (Lipinski definition) is 7. The van der Waals surface area contributed by atoms with Gasteiger partial charge in [0.25, 0.3) is 11.8 Å². The van der Waals surface area contributed by atoms with Crippen LogP contribution in [-0.2, 0) is 0 Å². The number of amides is 2. The van der Waals surface area contributed by atoms with E-state index in [1.165, 1.54) is 20.4 Å². The van der Waals surface area contributed by atoms with Crippen LogP contribution in [0.2, 0.25) is 0 Å². The molecule has 1 aliphatic rings. The Hall–Kier alpha value is -4.40. The largest absolute Gasteiger partial charge is 0.497 e. The van der Waals surface area contributed by atoms with Gasteiger partial charge in [0.2, 0.25) is 0 Å². The summed E-state index contributed by atoms with van der Waals surface area (Å²) in [6.07, 6.45) is 1.42. The first-order valence-corrected chi connectivity index (χ1v) is 10.1. The van der Waals surface area contributed by atoms with Crippen molar-refractivity contribution in [2.24, 2.45) is 0 Å². The Kier molecular flexibility index (Phi) is 4.74. The number of methoxy groups -OCH3 is 3. The zero-order valence-corrected chi connectivity index (χ0v) is 18.4. The van der Waals surface area contributed by atoms with Gasteiger partial charge in [0.05, 0.1) is 49.2 Å². The average molecular weight is 444 g/mol. The molecular weight excluding hydrogens is 424 g/mol. The second kappa shape index (κ2) is 7.63. The molecule has 4 aromatic rings. The zero-order chi connectivity index (χ0) is 23.3. The maximum Gasteiger partial charge on any atom is 0.267 e. The van der Waals surface area contributed by atoms with Crippen molar-refractivity contribution in [3.05, 3.63) is 65.5 Å². The number of hydrogen-bond donors (Lipinski definition) is 0. The van der Waals surface area contributed by atoms with Crippen molar-refractivity contribution in [3.63, 3.8) is 0 Å². The number of carbonyl (C=O) groups excluding carboxylic acids is 2. The van der Waals surface area contributed by atoms with Crippen LogP contribution in [-0.4, -0.2) is 47.9 Å². The van der Waals surface area contributed by atoms with Crippen LogP contribution in [0.1, 0.15) is 26.4 Å². The second-order valence-corrected chi connectivity index (χ2v) is 7.40. The van der Waals surface area contributed by atoms with E-state index >= 15 is 0 Å². The molecule has 9 heteroatoms. The second-order valence-electron chi connectivity index (χ2n) is 7.40. The number of carbonyl (C=O) groups is 2. The Morgan fingerprint density at radius 2 is 1.61 bits per heavy atom. The Bertz CT molecular complexity index is 1440. The SMILES string of the molecule is COc1ccc(N2C(=O)c3cnc4c(c(C)nn4-c4ccccc4OC)c3C2=O)c(OC)c1. The minimum absolute atomic E-state index is 0.216. The van der Waals surface area contributed by atoms with Crippen LogP contribution >= 0.6 is 0 Å². The number of aryl methyl sites for hydroxylation is 1. The topological polar surface area (TPSA) is 95.8 Å². The van der Waals surface area contributed by atoms with Crippen molar-refractivity contribution >= 4 is 28.5 Å². The van der Waals surface area contributed by atoms with Gasteiger partial charge in [-0.2, -0.15) is 5.10 Å². The summed E-state index contributed by atoms with van der Waals surface area (Å²) in [4.78, 5) is 32.5. The van der Waals surface area contributed by atoms with E-state index in [1.807, 2.05) is 24.3 Å². The third-order valence-corrected chi connectivity index (χ3v) is 5.66. The number of pyridine rings is 1. The highest BCUT2D eigenvalue weighted by atomic mass is 16.5. The Labute approximate surface area is 189 Å². The molecule has 0 bridgehead atoms. The smallest absolute Gasteiger partial charge is 0.267 e. The molecule has 166 valence electrons. The summed E-state index contributed by atoms with van der Waals surface area (Å²) in [6, 6.07) is 12.3. The van der Waals surface area contributed by atoms with Crippen LogP contribution in [0, 0.1) is 6.92 Å². The number of anilines is 1. The maximum absolute atomic E-state index is 13.6. The molecule has 0 unspecified atom stereocenters. The molecule has 0 saturated carbocycles. The van der Waals surface area contributed by atoms with Crippen molar-refractivity contribution in [2.75, 3.05) is 26.2 Å². The Morgan fingerprint density at radius 3 is 2.33 bits per heavy atom. The molecule has 9 nitrogen and oxygen atoms in total. The summed E-state index contributed by atoms with van der Waals surface area (Å²) in [5, 5.41) is 5.13. The van der Waals surface area contributed by atoms with Crippen molar-refractivity contribution in [1.82, 2.24) is 14.8 Å². The molecule has 0 saturated heterocycles. The molecule has 1 aliphatic heterocycles. The van der Waals surface area contributed by atoms with Gasteiger partial charge in [0.15, 0.2) is 5.65 Å². The van der Waals surface area contributed by atoms with E-state index in [9.17, 15) is 9.59 Å². The Balaban J connectivity index is 1.70. The summed E-state index contributed by atoms with van der Waals surface area (Å²) in [5.74, 6) is 0.557. The lowest BCUT2D eigenvalue weighted by Crippen LogP contribution is -2.29. The van der Waals surface area contributed by atoms with Gasteiger partial charge in [-0.25, -0.2) is 14.6 Å². The van der Waals surface area contributed by atoms with Crippen molar-refractivity contribution in [1.29, 1.82) is 0 Å². The van der Waals surface area contributed by atoms with Gasteiger partial charge in [-0.15, -0.1) is 0 Å². The fourth-order valence-electron chi connectivity index (χ4n) is 4.12. The molecule has 0 fully saturated rings. The molecule has 0 aliphatic carbocycles. The van der Waals surface area contributed by atoms with E-state index in [0.29, 0.717) is 45.4 Å². The molecule has 0 atom stereocenters. The summed E-state index contributed by atoms with van der Waals surface area (Å²) in [5.41, 5.74) is 2.52. The third kappa shape index (κ3) is 2.93. The molecule has 3 heterocycles. The normalized spacial score (nSPS) is 12.9. The molecule has 0 N–H and O–H groups in total. The van der Waals surface area contributed by atoms with Crippen molar-refractivity contribution in [2.45, 2.75) is 6.92 Å². The lowest BCUT2D eigenvalue weighted by Gasteiger charge is -2.18. The minimum Gasteiger partial charge on any atom is -0.497 e. The number of para-hydroxylation sites is 2. The number of imide groups is 1. The summed E-state index contributed by atoms with van der Waals surface area (Å²) < 4.78 is 17.7. The number of nitrogens with zero attached hydrogens (tertiary/aromatic N) is 4. The molecule has 0 spiro atoms. The van der Waals surface area contributed by atoms with Gasteiger partial charge in [0.1, 0.15) is 22.9 Å². The van der Waals surface area contributed by atoms with Crippen LogP contribution in [0.25, 0.3) is 16.7 Å². The molecule has 2 amide bonds. The van der Waals surface area contributed by atoms with Crippen LogP contribution in [0.5, 0.6) is 17.2 Å². The number of benzene rings is 2. The summed E-state index contributed by atoms with van der Waals surface area (Å²) in [6.45, 7) is 1.78. The molecule has 33 heavy (non-hydrogen) atoms. The van der Waals surface area contributed by atoms with Gasteiger partial charge < -0.3 is 14.2 Å². The molecular formula is C24H20N4O5. The van der Waals surface area contributed by atoms with Gasteiger partial charge >= 0.3 is 0 Å². The van der Waals surface area contributed by atoms with Crippen LogP contribution in [0.3, 0.4) is 0 Å². The van der Waals surface area contributed by atoms with Crippen LogP contribution < -0.4 is 19.1 Å². The third-order valence-electron chi connectivity index (χ3n) is 5.66. The van der Waals surface area contributed by atoms with E-state index in [-0.39, 0.29) is 11.1 Å². The monoisotopic (exact) mass is 444 g/mol. The summed E-state index contributed by atoms with van der Waals surface area (Å²) >= 11 is 0. The standard InChI is InChI=1S/C24H20N4O5/c1-13-20-21-15(12-25-22(20)28(26-13)17-7-5-6-8-18(17)32-3)23(29)27(24(21)30)16-10-9-14(31-2)11-19(16)33-4/h5-12H,1-4H3. The highest BCUT2D eigenvalue weighted by Gasteiger charge is 2.41. The summed E-state index contributed by atoms with van der Waals surface area (Å²) in [7, 11) is 4.57.